The van der Waals surface area contributed by atoms with Gasteiger partial charge in [-0.1, -0.05) is 26.7 Å². The Balaban J connectivity index is 0. The Kier molecular flexibility index (Phi) is 13.1. The number of carbonyl (C=O) groups excluding carboxylic acids is 1. The number of esters is 1. The van der Waals surface area contributed by atoms with Gasteiger partial charge in [-0.05, 0) is 26.7 Å². The highest BCUT2D eigenvalue weighted by Gasteiger charge is 2.41. The van der Waals surface area contributed by atoms with Crippen molar-refractivity contribution < 1.29 is 44.3 Å². The molecule has 0 spiro atoms. The SMILES string of the molecule is CCCCC(CC)(C(=O)OCC)C(C)N.O=C(O)CC(O)(CC(=O)O)C(=O)O. The third-order valence-corrected chi connectivity index (χ3v) is 4.45. The molecule has 0 amide bonds. The first-order valence-electron chi connectivity index (χ1n) is 9.15. The topological polar surface area (TPSA) is 184 Å². The third-order valence-electron chi connectivity index (χ3n) is 4.45. The zero-order chi connectivity index (χ0) is 22.5. The van der Waals surface area contributed by atoms with E-state index in [4.69, 9.17) is 30.9 Å². The largest absolute Gasteiger partial charge is 0.481 e. The molecule has 164 valence electrons. The first-order valence-corrected chi connectivity index (χ1v) is 9.15. The minimum Gasteiger partial charge on any atom is -0.481 e. The van der Waals surface area contributed by atoms with Crippen LogP contribution in [0, 0.1) is 5.41 Å². The number of carbonyl (C=O) groups is 4. The number of carboxylic acids is 3. The van der Waals surface area contributed by atoms with Gasteiger partial charge in [0.1, 0.15) is 0 Å². The van der Waals surface area contributed by atoms with Gasteiger partial charge in [0, 0.05) is 6.04 Å². The van der Waals surface area contributed by atoms with Gasteiger partial charge in [-0.3, -0.25) is 14.4 Å². The Hall–Kier alpha value is -2.20. The molecule has 28 heavy (non-hydrogen) atoms. The summed E-state index contributed by atoms with van der Waals surface area (Å²) >= 11 is 0. The van der Waals surface area contributed by atoms with E-state index in [2.05, 4.69) is 6.92 Å². The zero-order valence-corrected chi connectivity index (χ0v) is 16.9. The predicted molar refractivity (Wildman–Crippen MR) is 99.6 cm³/mol. The number of nitrogens with two attached hydrogens (primary N) is 1. The fourth-order valence-corrected chi connectivity index (χ4v) is 2.64. The van der Waals surface area contributed by atoms with Crippen molar-refractivity contribution in [2.24, 2.45) is 11.1 Å². The molecule has 0 rings (SSSR count). The van der Waals surface area contributed by atoms with Crippen molar-refractivity contribution in [1.29, 1.82) is 0 Å². The molecule has 0 aliphatic heterocycles. The predicted octanol–water partition coefficient (Wildman–Crippen LogP) is 1.23. The molecule has 2 unspecified atom stereocenters. The van der Waals surface area contributed by atoms with Crippen LogP contribution >= 0.6 is 0 Å². The quantitative estimate of drug-likeness (QED) is 0.295. The Morgan fingerprint density at radius 2 is 1.46 bits per heavy atom. The van der Waals surface area contributed by atoms with Crippen LogP contribution in [0.15, 0.2) is 0 Å². The molecule has 0 aliphatic carbocycles. The zero-order valence-electron chi connectivity index (χ0n) is 16.9. The summed E-state index contributed by atoms with van der Waals surface area (Å²) < 4.78 is 5.14. The highest BCUT2D eigenvalue weighted by atomic mass is 16.5. The molecular formula is C18H33NO9. The summed E-state index contributed by atoms with van der Waals surface area (Å²) in [4.78, 5) is 42.4. The number of rotatable bonds is 12. The lowest BCUT2D eigenvalue weighted by molar-refractivity contribution is -0.170. The summed E-state index contributed by atoms with van der Waals surface area (Å²) in [5, 5.41) is 33.8. The lowest BCUT2D eigenvalue weighted by Crippen LogP contribution is -2.46. The monoisotopic (exact) mass is 407 g/mol. The van der Waals surface area contributed by atoms with E-state index in [1.165, 1.54) is 0 Å². The van der Waals surface area contributed by atoms with Gasteiger partial charge in [0.05, 0.1) is 24.9 Å². The molecule has 0 aromatic rings. The van der Waals surface area contributed by atoms with Crippen LogP contribution in [0.2, 0.25) is 0 Å². The summed E-state index contributed by atoms with van der Waals surface area (Å²) in [6, 6.07) is -0.145. The van der Waals surface area contributed by atoms with E-state index in [9.17, 15) is 19.2 Å². The molecular weight excluding hydrogens is 374 g/mol. The summed E-state index contributed by atoms with van der Waals surface area (Å²) in [6.45, 7) is 8.29. The van der Waals surface area contributed by atoms with Gasteiger partial charge < -0.3 is 30.9 Å². The summed E-state index contributed by atoms with van der Waals surface area (Å²) in [5.41, 5.74) is 2.73. The Morgan fingerprint density at radius 3 is 1.71 bits per heavy atom. The third kappa shape index (κ3) is 9.14. The van der Waals surface area contributed by atoms with Crippen molar-refractivity contribution in [3.63, 3.8) is 0 Å². The van der Waals surface area contributed by atoms with E-state index in [-0.39, 0.29) is 12.0 Å². The number of hydrogen-bond donors (Lipinski definition) is 5. The summed E-state index contributed by atoms with van der Waals surface area (Å²) in [5.74, 6) is -5.15. The first kappa shape index (κ1) is 28.0. The van der Waals surface area contributed by atoms with Gasteiger partial charge in [-0.15, -0.1) is 0 Å². The maximum atomic E-state index is 11.9. The number of unbranched alkanes of at least 4 members (excludes halogenated alkanes) is 1. The minimum absolute atomic E-state index is 0.129. The first-order chi connectivity index (χ1) is 12.8. The minimum atomic E-state index is -2.74. The highest BCUT2D eigenvalue weighted by Crippen LogP contribution is 2.33. The number of aliphatic hydroxyl groups is 1. The second kappa shape index (κ2) is 13.1. The van der Waals surface area contributed by atoms with Crippen LogP contribution in [-0.2, 0) is 23.9 Å². The molecule has 0 saturated carbocycles. The van der Waals surface area contributed by atoms with Gasteiger partial charge in [0.2, 0.25) is 0 Å². The number of hydrogen-bond acceptors (Lipinski definition) is 7. The maximum absolute atomic E-state index is 11.9. The van der Waals surface area contributed by atoms with E-state index in [1.807, 2.05) is 20.8 Å². The average molecular weight is 407 g/mol. The van der Waals surface area contributed by atoms with E-state index in [0.717, 1.165) is 25.7 Å². The standard InChI is InChI=1S/C12H25NO2.C6H8O7/c1-5-8-9-12(6-2,10(4)13)11(14)15-7-3;7-3(8)1-6(13,5(11)12)2-4(9)10/h10H,5-9,13H2,1-4H3;13H,1-2H2,(H,7,8)(H,9,10)(H,11,12). The molecule has 0 aromatic heterocycles. The molecule has 6 N–H and O–H groups in total. The lowest BCUT2D eigenvalue weighted by Gasteiger charge is -2.33. The van der Waals surface area contributed by atoms with Gasteiger partial charge >= 0.3 is 23.9 Å². The van der Waals surface area contributed by atoms with E-state index in [1.54, 1.807) is 0 Å². The summed E-state index contributed by atoms with van der Waals surface area (Å²) in [6.07, 6.45) is 1.39. The Morgan fingerprint density at radius 1 is 1.00 bits per heavy atom. The van der Waals surface area contributed by atoms with Crippen LogP contribution in [0.5, 0.6) is 0 Å². The lowest BCUT2D eigenvalue weighted by atomic mass is 9.75. The van der Waals surface area contributed by atoms with Crippen molar-refractivity contribution >= 4 is 23.9 Å². The van der Waals surface area contributed by atoms with Crippen molar-refractivity contribution in [2.75, 3.05) is 6.61 Å². The molecule has 0 aliphatic rings. The van der Waals surface area contributed by atoms with Gasteiger partial charge in [-0.2, -0.15) is 0 Å². The number of aliphatic carboxylic acids is 3. The molecule has 0 aromatic carbocycles. The van der Waals surface area contributed by atoms with Crippen molar-refractivity contribution in [3.8, 4) is 0 Å². The fraction of sp³-hybridized carbons (Fsp3) is 0.778. The molecule has 0 saturated heterocycles. The second-order valence-corrected chi connectivity index (χ2v) is 6.60. The molecule has 0 heterocycles. The molecule has 0 radical (unpaired) electrons. The van der Waals surface area contributed by atoms with Gasteiger partial charge in [0.15, 0.2) is 5.60 Å². The highest BCUT2D eigenvalue weighted by molar-refractivity contribution is 5.88. The smallest absolute Gasteiger partial charge is 0.336 e. The Labute approximate surface area is 164 Å². The van der Waals surface area contributed by atoms with Crippen molar-refractivity contribution in [3.05, 3.63) is 0 Å². The van der Waals surface area contributed by atoms with E-state index in [0.29, 0.717) is 6.61 Å². The van der Waals surface area contributed by atoms with Crippen LogP contribution in [-0.4, -0.2) is 62.6 Å². The molecule has 10 heteroatoms. The van der Waals surface area contributed by atoms with Crippen LogP contribution in [0.4, 0.5) is 0 Å². The normalized spacial score (nSPS) is 14.1. The van der Waals surface area contributed by atoms with Gasteiger partial charge in [0.25, 0.3) is 0 Å². The van der Waals surface area contributed by atoms with Crippen LogP contribution < -0.4 is 5.73 Å². The fourth-order valence-electron chi connectivity index (χ4n) is 2.64. The van der Waals surface area contributed by atoms with Crippen molar-refractivity contribution in [1.82, 2.24) is 0 Å². The molecule has 10 nitrogen and oxygen atoms in total. The number of carboxylic acid groups (broad SMARTS) is 3. The van der Waals surface area contributed by atoms with E-state index >= 15 is 0 Å². The van der Waals surface area contributed by atoms with Crippen molar-refractivity contribution in [2.45, 2.75) is 77.9 Å². The summed E-state index contributed by atoms with van der Waals surface area (Å²) in [7, 11) is 0. The van der Waals surface area contributed by atoms with Gasteiger partial charge in [-0.25, -0.2) is 4.79 Å². The Bertz CT molecular complexity index is 517. The van der Waals surface area contributed by atoms with E-state index < -0.39 is 41.8 Å². The number of ether oxygens (including phenoxy) is 1. The molecule has 0 bridgehead atoms. The molecule has 0 fully saturated rings. The van der Waals surface area contributed by atoms with Crippen LogP contribution in [0.3, 0.4) is 0 Å². The molecule has 2 atom stereocenters. The second-order valence-electron chi connectivity index (χ2n) is 6.60. The van der Waals surface area contributed by atoms with Crippen LogP contribution in [0.25, 0.3) is 0 Å². The maximum Gasteiger partial charge on any atom is 0.336 e. The van der Waals surface area contributed by atoms with Crippen LogP contribution in [0.1, 0.15) is 66.2 Å². The average Bonchev–Trinajstić information content (AvgIpc) is 2.54.